The molecule has 0 amide bonds. The molecular formula is C36H48Cl3N5O3. The number of halogens is 3. The number of fused-ring (bicyclic) bond motifs is 1. The summed E-state index contributed by atoms with van der Waals surface area (Å²) in [6.07, 6.45) is 7.26. The van der Waals surface area contributed by atoms with Gasteiger partial charge in [0.05, 0.1) is 20.8 Å². The first-order chi connectivity index (χ1) is 21.7. The van der Waals surface area contributed by atoms with E-state index in [4.69, 9.17) is 14.2 Å². The quantitative estimate of drug-likeness (QED) is 0.149. The average molecular weight is 705 g/mol. The van der Waals surface area contributed by atoms with Gasteiger partial charge in [-0.15, -0.1) is 47.4 Å². The molecule has 0 spiro atoms. The summed E-state index contributed by atoms with van der Waals surface area (Å²) in [5.74, 6) is 3.40. The van der Waals surface area contributed by atoms with E-state index in [1.54, 1.807) is 14.2 Å². The minimum Gasteiger partial charge on any atom is -0.497 e. The molecule has 2 saturated heterocycles. The van der Waals surface area contributed by atoms with Gasteiger partial charge in [-0.2, -0.15) is 0 Å². The van der Waals surface area contributed by atoms with Crippen LogP contribution in [0.4, 0.5) is 5.82 Å². The van der Waals surface area contributed by atoms with Gasteiger partial charge in [-0.25, -0.2) is 0 Å². The molecule has 3 aromatic carbocycles. The lowest BCUT2D eigenvalue weighted by Gasteiger charge is -2.32. The lowest BCUT2D eigenvalue weighted by molar-refractivity contribution is 0.204. The molecule has 3 heterocycles. The van der Waals surface area contributed by atoms with Crippen molar-refractivity contribution in [3.8, 4) is 28.5 Å². The summed E-state index contributed by atoms with van der Waals surface area (Å²) in [6.45, 7) is 7.46. The molecule has 2 fully saturated rings. The fraction of sp³-hybridized carbons (Fsp3) is 0.444. The Balaban J connectivity index is 0.00000200. The summed E-state index contributed by atoms with van der Waals surface area (Å²) in [5, 5.41) is 15.1. The van der Waals surface area contributed by atoms with Crippen molar-refractivity contribution >= 4 is 53.8 Å². The van der Waals surface area contributed by atoms with E-state index < -0.39 is 0 Å². The molecule has 1 N–H and O–H groups in total. The predicted molar refractivity (Wildman–Crippen MR) is 199 cm³/mol. The first-order valence-corrected chi connectivity index (χ1v) is 16.1. The minimum atomic E-state index is 0. The van der Waals surface area contributed by atoms with Crippen LogP contribution in [-0.4, -0.2) is 79.6 Å². The Morgan fingerprint density at radius 3 is 2.04 bits per heavy atom. The van der Waals surface area contributed by atoms with Gasteiger partial charge in [0.25, 0.3) is 0 Å². The summed E-state index contributed by atoms with van der Waals surface area (Å²) in [7, 11) is 3.37. The van der Waals surface area contributed by atoms with Crippen LogP contribution in [-0.2, 0) is 6.54 Å². The molecule has 0 bridgehead atoms. The normalized spacial score (nSPS) is 15.5. The van der Waals surface area contributed by atoms with E-state index in [-0.39, 0.29) is 37.2 Å². The summed E-state index contributed by atoms with van der Waals surface area (Å²) >= 11 is 0. The summed E-state index contributed by atoms with van der Waals surface area (Å²) in [6, 6.07) is 23.1. The number of ether oxygens (including phenoxy) is 3. The van der Waals surface area contributed by atoms with Crippen LogP contribution in [0.15, 0.2) is 66.7 Å². The van der Waals surface area contributed by atoms with Gasteiger partial charge in [0.15, 0.2) is 5.82 Å². The Morgan fingerprint density at radius 1 is 0.702 bits per heavy atom. The van der Waals surface area contributed by atoms with Crippen molar-refractivity contribution < 1.29 is 14.2 Å². The number of nitrogens with one attached hydrogen (secondary N) is 1. The molecule has 11 heteroatoms. The molecule has 0 unspecified atom stereocenters. The number of likely N-dealkylation sites (tertiary alicyclic amines) is 2. The maximum Gasteiger partial charge on any atom is 0.156 e. The average Bonchev–Trinajstić information content (AvgIpc) is 3.09. The van der Waals surface area contributed by atoms with Gasteiger partial charge in [0.1, 0.15) is 22.9 Å². The summed E-state index contributed by atoms with van der Waals surface area (Å²) in [5.41, 5.74) is 3.18. The first kappa shape index (κ1) is 38.4. The van der Waals surface area contributed by atoms with E-state index in [2.05, 4.69) is 61.7 Å². The third-order valence-electron chi connectivity index (χ3n) is 8.94. The molecule has 1 aromatic heterocycles. The van der Waals surface area contributed by atoms with Crippen LogP contribution in [0.5, 0.6) is 17.2 Å². The molecule has 0 saturated carbocycles. The molecule has 2 aliphatic rings. The van der Waals surface area contributed by atoms with Gasteiger partial charge in [0.2, 0.25) is 0 Å². The Labute approximate surface area is 297 Å². The summed E-state index contributed by atoms with van der Waals surface area (Å²) < 4.78 is 16.9. The molecule has 6 rings (SSSR count). The van der Waals surface area contributed by atoms with Crippen LogP contribution in [0.1, 0.15) is 44.1 Å². The van der Waals surface area contributed by atoms with Crippen LogP contribution in [0.3, 0.4) is 0 Å². The minimum absolute atomic E-state index is 0. The second-order valence-electron chi connectivity index (χ2n) is 12.0. The third kappa shape index (κ3) is 10.2. The largest absolute Gasteiger partial charge is 0.497 e. The molecule has 47 heavy (non-hydrogen) atoms. The van der Waals surface area contributed by atoms with Crippen molar-refractivity contribution in [2.75, 3.05) is 58.9 Å². The van der Waals surface area contributed by atoms with Crippen molar-refractivity contribution in [3.63, 3.8) is 0 Å². The van der Waals surface area contributed by atoms with Crippen molar-refractivity contribution in [2.24, 2.45) is 0 Å². The summed E-state index contributed by atoms with van der Waals surface area (Å²) in [4.78, 5) is 5.10. The van der Waals surface area contributed by atoms with E-state index in [1.165, 1.54) is 37.9 Å². The zero-order valence-electron chi connectivity index (χ0n) is 27.4. The van der Waals surface area contributed by atoms with E-state index in [9.17, 15) is 0 Å². The number of nitrogens with zero attached hydrogens (tertiary/aromatic N) is 4. The highest BCUT2D eigenvalue weighted by molar-refractivity contribution is 6.00. The Morgan fingerprint density at radius 2 is 1.36 bits per heavy atom. The molecule has 4 aromatic rings. The number of benzene rings is 3. The highest BCUT2D eigenvalue weighted by Gasteiger charge is 2.21. The number of rotatable bonds is 12. The molecule has 0 radical (unpaired) electrons. The zero-order valence-corrected chi connectivity index (χ0v) is 29.8. The number of methoxy groups -OCH3 is 2. The van der Waals surface area contributed by atoms with Crippen LogP contribution >= 0.6 is 37.2 Å². The van der Waals surface area contributed by atoms with Crippen LogP contribution < -0.4 is 19.5 Å². The molecule has 0 atom stereocenters. The van der Waals surface area contributed by atoms with Gasteiger partial charge in [-0.3, -0.25) is 4.90 Å². The van der Waals surface area contributed by atoms with E-state index in [0.717, 1.165) is 97.1 Å². The monoisotopic (exact) mass is 703 g/mol. The lowest BCUT2D eigenvalue weighted by Crippen LogP contribution is -2.38. The third-order valence-corrected chi connectivity index (χ3v) is 8.94. The van der Waals surface area contributed by atoms with Crippen molar-refractivity contribution in [2.45, 2.75) is 51.1 Å². The highest BCUT2D eigenvalue weighted by atomic mass is 35.5. The molecule has 0 aliphatic carbocycles. The van der Waals surface area contributed by atoms with Crippen LogP contribution in [0, 0.1) is 0 Å². The van der Waals surface area contributed by atoms with Crippen LogP contribution in [0.2, 0.25) is 0 Å². The fourth-order valence-electron chi connectivity index (χ4n) is 6.37. The fourth-order valence-corrected chi connectivity index (χ4v) is 6.37. The van der Waals surface area contributed by atoms with E-state index in [0.29, 0.717) is 6.04 Å². The lowest BCUT2D eigenvalue weighted by atomic mass is 10.0. The van der Waals surface area contributed by atoms with E-state index in [1.807, 2.05) is 30.3 Å². The topological polar surface area (TPSA) is 72.0 Å². The van der Waals surface area contributed by atoms with Crippen LogP contribution in [0.25, 0.3) is 22.0 Å². The van der Waals surface area contributed by atoms with Crippen molar-refractivity contribution in [1.29, 1.82) is 0 Å². The zero-order chi connectivity index (χ0) is 30.1. The maximum absolute atomic E-state index is 6.03. The number of hydrogen-bond donors (Lipinski definition) is 1. The van der Waals surface area contributed by atoms with Gasteiger partial charge in [-0.1, -0.05) is 18.6 Å². The molecular weight excluding hydrogens is 657 g/mol. The van der Waals surface area contributed by atoms with Crippen molar-refractivity contribution in [3.05, 3.63) is 72.3 Å². The Bertz CT molecular complexity index is 1500. The standard InChI is InChI=1S/C36H45N5O3.3ClH/c1-42-30-13-9-28(10-14-30)35-33-16-15-32(43-2)25-34(33)36(39-38-35)37-29-17-22-41(23-18-29)26-27-7-11-31(12-8-27)44-24-6-21-40-19-4-3-5-20-40;;;/h7-16,25,29H,3-6,17-24,26H2,1-2H3,(H,37,39);3*1H. The first-order valence-electron chi connectivity index (χ1n) is 16.1. The van der Waals surface area contributed by atoms with E-state index >= 15 is 0 Å². The molecule has 8 nitrogen and oxygen atoms in total. The van der Waals surface area contributed by atoms with Gasteiger partial charge in [0, 0.05) is 48.6 Å². The number of piperidine rings is 2. The maximum atomic E-state index is 6.03. The van der Waals surface area contributed by atoms with Gasteiger partial charge in [-0.05, 0) is 105 Å². The highest BCUT2D eigenvalue weighted by Crippen LogP contribution is 2.34. The Hall–Kier alpha value is -3.01. The number of anilines is 1. The predicted octanol–water partition coefficient (Wildman–Crippen LogP) is 7.91. The molecule has 2 aliphatic heterocycles. The molecule has 256 valence electrons. The van der Waals surface area contributed by atoms with Gasteiger partial charge >= 0.3 is 0 Å². The number of hydrogen-bond acceptors (Lipinski definition) is 8. The second kappa shape index (κ2) is 19.1. The smallest absolute Gasteiger partial charge is 0.156 e. The number of aromatic nitrogens is 2. The van der Waals surface area contributed by atoms with Gasteiger partial charge < -0.3 is 24.4 Å². The SMILES string of the molecule is COc1ccc(-c2nnc(NC3CCN(Cc4ccc(OCCCN5CCCCC5)cc4)CC3)c3cc(OC)ccc23)cc1.Cl.Cl.Cl. The van der Waals surface area contributed by atoms with Crippen molar-refractivity contribution in [1.82, 2.24) is 20.0 Å². The Kier molecular flexibility index (Phi) is 15.6. The second-order valence-corrected chi connectivity index (χ2v) is 12.0.